The first-order chi connectivity index (χ1) is 3.27. The van der Waals surface area contributed by atoms with E-state index in [1.807, 2.05) is 13.8 Å². The van der Waals surface area contributed by atoms with Crippen molar-refractivity contribution in [3.05, 3.63) is 0 Å². The van der Waals surface area contributed by atoms with Crippen LogP contribution in [0.1, 0.15) is 13.8 Å². The molecule has 0 fully saturated rings. The van der Waals surface area contributed by atoms with Crippen molar-refractivity contribution in [2.75, 3.05) is 6.61 Å². The third kappa shape index (κ3) is 6.40. The second-order valence-corrected chi connectivity index (χ2v) is 2.45. The summed E-state index contributed by atoms with van der Waals surface area (Å²) >= 11 is -0.624. The Morgan fingerprint density at radius 2 is 2.29 bits per heavy atom. The van der Waals surface area contributed by atoms with E-state index in [1.54, 1.807) is 0 Å². The zero-order valence-corrected chi connectivity index (χ0v) is 6.06. The predicted octanol–water partition coefficient (Wildman–Crippen LogP) is -0.0657. The topological polar surface area (TPSA) is 32.3 Å². The van der Waals surface area contributed by atoms with Crippen LogP contribution in [0.15, 0.2) is 0 Å². The van der Waals surface area contributed by atoms with Crippen molar-refractivity contribution < 1.29 is 23.6 Å². The lowest BCUT2D eigenvalue weighted by molar-refractivity contribution is -1.27. The lowest BCUT2D eigenvalue weighted by atomic mass is 10.2. The molecule has 0 aromatic heterocycles. The Bertz CT molecular complexity index is 38.7. The molecule has 0 heterocycles. The van der Waals surface area contributed by atoms with Gasteiger partial charge in [-0.2, -0.15) is 0 Å². The molecule has 0 aromatic carbocycles. The standard InChI is InChI=1S/C4H9BrO2/c1-4(2)3-7-5-6/h4H,3H2,1-2H3. The van der Waals surface area contributed by atoms with Crippen molar-refractivity contribution in [2.24, 2.45) is 5.92 Å². The van der Waals surface area contributed by atoms with E-state index < -0.39 is 15.5 Å². The number of hydrogen-bond acceptors (Lipinski definition) is 2. The lowest BCUT2D eigenvalue weighted by Crippen LogP contribution is -2.08. The van der Waals surface area contributed by atoms with Crippen molar-refractivity contribution in [3.8, 4) is 0 Å². The minimum atomic E-state index is -0.624. The predicted molar refractivity (Wildman–Crippen MR) is 20.8 cm³/mol. The third-order valence-corrected chi connectivity index (χ3v) is 0.892. The summed E-state index contributed by atoms with van der Waals surface area (Å²) in [6.45, 7) is 4.63. The molecular weight excluding hydrogens is 160 g/mol. The van der Waals surface area contributed by atoms with Crippen LogP contribution in [-0.2, 0) is 3.83 Å². The average molecular weight is 169 g/mol. The van der Waals surface area contributed by atoms with Gasteiger partial charge in [0.2, 0.25) is 0 Å². The van der Waals surface area contributed by atoms with Crippen molar-refractivity contribution in [1.82, 2.24) is 0 Å². The first-order valence-electron chi connectivity index (χ1n) is 2.16. The molecule has 0 saturated carbocycles. The van der Waals surface area contributed by atoms with Crippen LogP contribution in [0.2, 0.25) is 0 Å². The maximum atomic E-state index is 9.64. The van der Waals surface area contributed by atoms with Gasteiger partial charge in [-0.25, -0.2) is 0 Å². The van der Waals surface area contributed by atoms with Crippen LogP contribution in [0.25, 0.3) is 0 Å². The number of halogens is 1. The molecule has 0 saturated heterocycles. The second kappa shape index (κ2) is 4.56. The highest BCUT2D eigenvalue weighted by molar-refractivity contribution is 4.33. The van der Waals surface area contributed by atoms with Crippen molar-refractivity contribution in [3.63, 3.8) is 0 Å². The van der Waals surface area contributed by atoms with Gasteiger partial charge in [0.25, 0.3) is 0 Å². The van der Waals surface area contributed by atoms with E-state index >= 15 is 0 Å². The molecule has 0 radical (unpaired) electrons. The summed E-state index contributed by atoms with van der Waals surface area (Å²) in [4.78, 5) is 0. The third-order valence-electron chi connectivity index (χ3n) is 0.441. The summed E-state index contributed by atoms with van der Waals surface area (Å²) in [7, 11) is 0. The molecule has 0 rings (SSSR count). The van der Waals surface area contributed by atoms with Gasteiger partial charge in [0.05, 0.1) is 0 Å². The van der Waals surface area contributed by atoms with E-state index in [0.717, 1.165) is 0 Å². The Labute approximate surface area is 50.6 Å². The smallest absolute Gasteiger partial charge is 0.420 e. The molecule has 0 spiro atoms. The van der Waals surface area contributed by atoms with Gasteiger partial charge in [-0.1, -0.05) is 13.8 Å². The van der Waals surface area contributed by atoms with Crippen molar-refractivity contribution >= 4 is 0 Å². The zero-order valence-electron chi connectivity index (χ0n) is 4.48. The molecule has 0 unspecified atom stereocenters. The van der Waals surface area contributed by atoms with E-state index in [-0.39, 0.29) is 0 Å². The lowest BCUT2D eigenvalue weighted by Gasteiger charge is -1.93. The molecule has 0 aliphatic heterocycles. The normalized spacial score (nSPS) is 10.3. The fourth-order valence-corrected chi connectivity index (χ4v) is 0.788. The highest BCUT2D eigenvalue weighted by Gasteiger charge is 1.96. The maximum absolute atomic E-state index is 9.64. The molecule has 44 valence electrons. The number of hydrogen-bond donors (Lipinski definition) is 0. The van der Waals surface area contributed by atoms with E-state index in [2.05, 4.69) is 3.83 Å². The van der Waals surface area contributed by atoms with Gasteiger partial charge in [0.15, 0.2) is 0 Å². The van der Waals surface area contributed by atoms with Crippen LogP contribution >= 0.6 is 0 Å². The van der Waals surface area contributed by atoms with E-state index in [1.165, 1.54) is 0 Å². The van der Waals surface area contributed by atoms with Gasteiger partial charge in [-0.05, 0) is 5.92 Å². The molecule has 0 aliphatic carbocycles. The van der Waals surface area contributed by atoms with E-state index in [4.69, 9.17) is 0 Å². The Kier molecular flexibility index (Phi) is 4.82. The molecule has 0 aromatic rings. The van der Waals surface area contributed by atoms with Crippen LogP contribution in [0.4, 0.5) is 0 Å². The minimum Gasteiger partial charge on any atom is -0.550 e. The summed E-state index contributed by atoms with van der Waals surface area (Å²) in [5.41, 5.74) is 0. The second-order valence-electron chi connectivity index (χ2n) is 1.73. The molecule has 0 bridgehead atoms. The van der Waals surface area contributed by atoms with Crippen molar-refractivity contribution in [1.29, 1.82) is 0 Å². The fourth-order valence-electron chi connectivity index (χ4n) is 0.152. The Hall–Kier alpha value is 0.400. The maximum Gasteiger partial charge on any atom is 0.420 e. The zero-order chi connectivity index (χ0) is 5.70. The fraction of sp³-hybridized carbons (Fsp3) is 1.00. The summed E-state index contributed by atoms with van der Waals surface area (Å²) in [5, 5.41) is 0. The van der Waals surface area contributed by atoms with Crippen LogP contribution in [0.3, 0.4) is 0 Å². The molecule has 7 heavy (non-hydrogen) atoms. The molecule has 3 heteroatoms. The molecule has 0 N–H and O–H groups in total. The van der Waals surface area contributed by atoms with Crippen LogP contribution in [0, 0.1) is 21.5 Å². The van der Waals surface area contributed by atoms with Crippen LogP contribution in [0.5, 0.6) is 0 Å². The molecular formula is C4H9BrO2. The van der Waals surface area contributed by atoms with E-state index in [9.17, 15) is 4.20 Å². The van der Waals surface area contributed by atoms with Gasteiger partial charge in [0, 0.05) is 0 Å². The number of rotatable bonds is 3. The largest absolute Gasteiger partial charge is 0.550 e. The van der Waals surface area contributed by atoms with Gasteiger partial charge >= 0.3 is 15.5 Å². The van der Waals surface area contributed by atoms with Gasteiger partial charge in [-0.15, -0.1) is 3.83 Å². The van der Waals surface area contributed by atoms with E-state index in [0.29, 0.717) is 12.5 Å². The average Bonchev–Trinajstić information content (AvgIpc) is 1.61. The molecule has 0 aliphatic rings. The van der Waals surface area contributed by atoms with Gasteiger partial charge in [-0.3, -0.25) is 0 Å². The Balaban J connectivity index is 2.68. The van der Waals surface area contributed by atoms with Gasteiger partial charge < -0.3 is 4.20 Å². The SMILES string of the molecule is CC(C)CO[Br+][O-]. The monoisotopic (exact) mass is 168 g/mol. The quantitative estimate of drug-likeness (QED) is 0.592. The van der Waals surface area contributed by atoms with Crippen LogP contribution < -0.4 is 4.20 Å². The van der Waals surface area contributed by atoms with Gasteiger partial charge in [0.1, 0.15) is 6.61 Å². The Morgan fingerprint density at radius 3 is 2.43 bits per heavy atom. The molecule has 0 atom stereocenters. The van der Waals surface area contributed by atoms with Crippen LogP contribution in [-0.4, -0.2) is 6.61 Å². The first-order valence-corrected chi connectivity index (χ1v) is 3.46. The first kappa shape index (κ1) is 7.40. The summed E-state index contributed by atoms with van der Waals surface area (Å²) in [5.74, 6) is 0.488. The highest BCUT2D eigenvalue weighted by atomic mass is 79.9. The Morgan fingerprint density at radius 1 is 1.71 bits per heavy atom. The van der Waals surface area contributed by atoms with Crippen molar-refractivity contribution in [2.45, 2.75) is 13.8 Å². The molecule has 2 nitrogen and oxygen atoms in total. The summed E-state index contributed by atoms with van der Waals surface area (Å²) in [6.07, 6.45) is 0. The minimum absolute atomic E-state index is 0.488. The summed E-state index contributed by atoms with van der Waals surface area (Å²) < 4.78 is 14.2. The molecule has 0 amide bonds. The highest BCUT2D eigenvalue weighted by Crippen LogP contribution is 1.89. The summed E-state index contributed by atoms with van der Waals surface area (Å²) in [6, 6.07) is 0.